The number of rotatable bonds is 17. The molecule has 0 radical (unpaired) electrons. The predicted molar refractivity (Wildman–Crippen MR) is 351 cm³/mol. The Labute approximate surface area is 548 Å². The smallest absolute Gasteiger partial charge is 0.435 e. The van der Waals surface area contributed by atoms with Crippen LogP contribution in [-0.4, -0.2) is 139 Å². The molecule has 11 aromatic rings. The largest absolute Gasteiger partial charge is 0.496 e. The number of alkyl halides is 6. The second-order valence-corrected chi connectivity index (χ2v) is 22.9. The van der Waals surface area contributed by atoms with Crippen LogP contribution in [0.1, 0.15) is 42.3 Å². The Bertz CT molecular complexity index is 4340. The summed E-state index contributed by atoms with van der Waals surface area (Å²) in [5.41, 5.74) is 13.2. The van der Waals surface area contributed by atoms with Gasteiger partial charge in [-0.25, -0.2) is 19.6 Å². The number of halogens is 9. The van der Waals surface area contributed by atoms with Crippen molar-refractivity contribution < 1.29 is 50.0 Å². The molecule has 8 aromatic heterocycles. The van der Waals surface area contributed by atoms with Gasteiger partial charge < -0.3 is 33.5 Å². The molecule has 1 N–H and O–H groups in total. The van der Waals surface area contributed by atoms with Gasteiger partial charge in [0.05, 0.1) is 56.6 Å². The second-order valence-electron chi connectivity index (χ2n) is 20.6. The van der Waals surface area contributed by atoms with Gasteiger partial charge in [0.25, 0.3) is 0 Å². The van der Waals surface area contributed by atoms with Crippen molar-refractivity contribution in [2.45, 2.75) is 47.0 Å². The lowest BCUT2D eigenvalue weighted by Gasteiger charge is -2.24. The number of aryl methyl sites for hydroxylation is 6. The number of H-pyrrole nitrogens is 1. The average molecular weight is 1420 g/mol. The summed E-state index contributed by atoms with van der Waals surface area (Å²) < 4.78 is 109. The van der Waals surface area contributed by atoms with Crippen LogP contribution in [0.5, 0.6) is 17.2 Å². The molecule has 0 aliphatic carbocycles. The Hall–Kier alpha value is -8.31. The molecule has 3 aromatic carbocycles. The van der Waals surface area contributed by atoms with E-state index in [0.717, 1.165) is 137 Å². The molecule has 8 heterocycles. The quantitative estimate of drug-likeness (QED) is 0.0846. The molecule has 11 rings (SSSR count). The van der Waals surface area contributed by atoms with Gasteiger partial charge in [0.15, 0.2) is 5.69 Å². The summed E-state index contributed by atoms with van der Waals surface area (Å²) in [5, 5.41) is 23.4. The van der Waals surface area contributed by atoms with Gasteiger partial charge in [0.1, 0.15) is 73.1 Å². The molecule has 0 saturated carbocycles. The standard InChI is InChI=1S/C24H27F3N6O2.C20H25BrN4O2.C15H13BrClN3O.C4H3F3N2/c1-6-32(11-12-34-4)18-13-15(2)28-22-21(30-31(3)23(18)22)17-8-7-16(14-19(17)35-5)33-10-9-20(29-33)24(25,26)27;1-6-25(9-10-26-4)16-11-13(2)22-19-18(23-24(3)20(16)19)15-8-7-14(21)12-17(15)27-5;1-8-6-11(17)15-14(18-8)13(19-20(15)2)10-5-4-9(16)7-12(10)21-3;5-4(6,7)3-1-2-8-9-3/h7-10,13-14H,6,11-12H2,1-5H3;7-8,11-12H,6,9-10H2,1-5H3;4-7H,1-3H3;1-2H,(H,8,9). The molecule has 0 amide bonds. The summed E-state index contributed by atoms with van der Waals surface area (Å²) in [4.78, 5) is 18.7. The number of methoxy groups -OCH3 is 5. The monoisotopic (exact) mass is 1420 g/mol. The first-order chi connectivity index (χ1) is 43.8. The number of ether oxygens (including phenoxy) is 5. The molecule has 0 aliphatic heterocycles. The van der Waals surface area contributed by atoms with E-state index in [9.17, 15) is 26.3 Å². The van der Waals surface area contributed by atoms with Gasteiger partial charge in [-0.2, -0.15) is 51.8 Å². The minimum Gasteiger partial charge on any atom is -0.496 e. The van der Waals surface area contributed by atoms with E-state index in [2.05, 4.69) is 81.9 Å². The SMILES string of the molecule is CCN(CCOC)c1cc(C)nc2c(-c3ccc(-n4ccc(C(F)(F)F)n4)cc3OC)nn(C)c12.CCN(CCOC)c1cc(C)nc2c(-c3ccc(Br)cc3OC)nn(C)c12.COc1cc(Br)ccc1-c1nn(C)c2c(Cl)cc(C)nc12.FC(F)(F)c1ccn[nH]1. The number of anilines is 2. The van der Waals surface area contributed by atoms with Gasteiger partial charge >= 0.3 is 12.4 Å². The lowest BCUT2D eigenvalue weighted by molar-refractivity contribution is -0.142. The number of benzene rings is 3. The van der Waals surface area contributed by atoms with Crippen LogP contribution in [0.15, 0.2) is 106 Å². The van der Waals surface area contributed by atoms with Crippen molar-refractivity contribution in [3.05, 3.63) is 140 Å². The number of hydrogen-bond acceptors (Lipinski definition) is 15. The van der Waals surface area contributed by atoms with E-state index in [-0.39, 0.29) is 0 Å². The molecule has 0 unspecified atom stereocenters. The van der Waals surface area contributed by atoms with Gasteiger partial charge in [-0.1, -0.05) is 43.5 Å². The van der Waals surface area contributed by atoms with Crippen LogP contribution in [0.2, 0.25) is 5.02 Å². The molecule has 0 atom stereocenters. The second kappa shape index (κ2) is 30.0. The van der Waals surface area contributed by atoms with E-state index in [1.807, 2.05) is 95.1 Å². The highest BCUT2D eigenvalue weighted by atomic mass is 79.9. The molecule has 20 nitrogen and oxygen atoms in total. The normalized spacial score (nSPS) is 11.5. The first kappa shape index (κ1) is 69.6. The maximum atomic E-state index is 13.0. The summed E-state index contributed by atoms with van der Waals surface area (Å²) in [7, 11) is 13.9. The van der Waals surface area contributed by atoms with Crippen molar-refractivity contribution in [2.24, 2.45) is 21.1 Å². The van der Waals surface area contributed by atoms with E-state index in [0.29, 0.717) is 53.0 Å². The first-order valence-electron chi connectivity index (χ1n) is 28.5. The zero-order valence-electron chi connectivity index (χ0n) is 52.7. The minimum absolute atomic E-state index is 0.433. The van der Waals surface area contributed by atoms with Crippen molar-refractivity contribution >= 4 is 87.9 Å². The average Bonchev–Trinajstić information content (AvgIpc) is 1.61. The molecule has 0 aliphatic rings. The van der Waals surface area contributed by atoms with Gasteiger partial charge in [-0.15, -0.1) is 0 Å². The van der Waals surface area contributed by atoms with E-state index >= 15 is 0 Å². The number of nitrogens with zero attached hydrogens (tertiary/aromatic N) is 14. The first-order valence-corrected chi connectivity index (χ1v) is 30.5. The molecule has 29 heteroatoms. The Morgan fingerprint density at radius 1 is 0.533 bits per heavy atom. The molecule has 92 heavy (non-hydrogen) atoms. The third-order valence-corrected chi connectivity index (χ3v) is 15.7. The highest BCUT2D eigenvalue weighted by Crippen LogP contribution is 2.42. The number of nitrogens with one attached hydrogen (secondary N) is 1. The van der Waals surface area contributed by atoms with Crippen LogP contribution in [0, 0.1) is 20.8 Å². The molecule has 0 saturated heterocycles. The zero-order chi connectivity index (χ0) is 66.9. The molecule has 488 valence electrons. The van der Waals surface area contributed by atoms with Crippen molar-refractivity contribution in [1.82, 2.24) is 64.3 Å². The zero-order valence-corrected chi connectivity index (χ0v) is 56.6. The summed E-state index contributed by atoms with van der Waals surface area (Å²) in [6.07, 6.45) is -6.48. The highest BCUT2D eigenvalue weighted by molar-refractivity contribution is 9.10. The molecular formula is C63H68Br2ClF6N15O5. The maximum absolute atomic E-state index is 13.0. The lowest BCUT2D eigenvalue weighted by atomic mass is 10.1. The fraction of sp³-hybridized carbons (Fsp3) is 0.333. The summed E-state index contributed by atoms with van der Waals surface area (Å²) in [6.45, 7) is 14.5. The third kappa shape index (κ3) is 15.6. The summed E-state index contributed by atoms with van der Waals surface area (Å²) in [5.74, 6) is 1.95. The number of likely N-dealkylation sites (N-methyl/N-ethyl adjacent to an activating group) is 2. The highest BCUT2D eigenvalue weighted by Gasteiger charge is 2.34. The molecule has 0 spiro atoms. The van der Waals surface area contributed by atoms with Crippen LogP contribution in [0.3, 0.4) is 0 Å². The van der Waals surface area contributed by atoms with Crippen molar-refractivity contribution in [2.75, 3.05) is 84.7 Å². The fourth-order valence-corrected chi connectivity index (χ4v) is 11.3. The van der Waals surface area contributed by atoms with Gasteiger partial charge in [-0.05, 0) is 113 Å². The fourth-order valence-electron chi connectivity index (χ4n) is 10.2. The number of aromatic nitrogens is 13. The minimum atomic E-state index is -4.51. The molecular weight excluding hydrogens is 1360 g/mol. The Morgan fingerprint density at radius 3 is 1.34 bits per heavy atom. The van der Waals surface area contributed by atoms with Gasteiger partial charge in [0, 0.05) is 123 Å². The van der Waals surface area contributed by atoms with Crippen molar-refractivity contribution in [1.29, 1.82) is 0 Å². The van der Waals surface area contributed by atoms with Crippen LogP contribution in [-0.2, 0) is 43.0 Å². The molecule has 0 bridgehead atoms. The third-order valence-electron chi connectivity index (χ3n) is 14.5. The van der Waals surface area contributed by atoms with Crippen LogP contribution >= 0.6 is 43.5 Å². The number of fused-ring (bicyclic) bond motifs is 3. The number of aromatic amines is 1. The Balaban J connectivity index is 0.000000170. The van der Waals surface area contributed by atoms with Crippen LogP contribution < -0.4 is 24.0 Å². The maximum Gasteiger partial charge on any atom is 0.435 e. The Morgan fingerprint density at radius 2 is 0.957 bits per heavy atom. The van der Waals surface area contributed by atoms with E-state index in [1.54, 1.807) is 61.1 Å². The summed E-state index contributed by atoms with van der Waals surface area (Å²) >= 11 is 13.3. The lowest BCUT2D eigenvalue weighted by Crippen LogP contribution is -2.27. The predicted octanol–water partition coefficient (Wildman–Crippen LogP) is 14.6. The van der Waals surface area contributed by atoms with Gasteiger partial charge in [0.2, 0.25) is 0 Å². The summed E-state index contributed by atoms with van der Waals surface area (Å²) in [6, 6.07) is 24.7. The Kier molecular flexibility index (Phi) is 22.7. The van der Waals surface area contributed by atoms with Gasteiger partial charge in [-0.3, -0.25) is 19.1 Å². The van der Waals surface area contributed by atoms with E-state index in [1.165, 1.54) is 18.0 Å². The molecule has 0 fully saturated rings. The van der Waals surface area contributed by atoms with E-state index < -0.39 is 23.7 Å². The van der Waals surface area contributed by atoms with Crippen LogP contribution in [0.4, 0.5) is 37.7 Å². The van der Waals surface area contributed by atoms with Crippen molar-refractivity contribution in [3.63, 3.8) is 0 Å². The van der Waals surface area contributed by atoms with Crippen LogP contribution in [0.25, 0.3) is 72.6 Å². The van der Waals surface area contributed by atoms with E-state index in [4.69, 9.17) is 55.5 Å². The number of pyridine rings is 3. The number of hydrogen-bond donors (Lipinski definition) is 1. The van der Waals surface area contributed by atoms with Crippen molar-refractivity contribution in [3.8, 4) is 56.7 Å². The topological polar surface area (TPSA) is 191 Å².